The fourth-order valence-corrected chi connectivity index (χ4v) is 1.81. The summed E-state index contributed by atoms with van der Waals surface area (Å²) >= 11 is 0. The molecule has 5 N–H and O–H groups in total. The van der Waals surface area contributed by atoms with Gasteiger partial charge in [0.05, 0.1) is 18.2 Å². The lowest BCUT2D eigenvalue weighted by Gasteiger charge is -2.18. The molecule has 1 saturated carbocycles. The molecule has 1 atom stereocenters. The molecule has 1 aromatic carbocycles. The molecule has 0 radical (unpaired) electrons. The number of phenols is 1. The van der Waals surface area contributed by atoms with Gasteiger partial charge in [0, 0.05) is 0 Å². The number of aliphatic hydroxyl groups is 1. The van der Waals surface area contributed by atoms with Crippen LogP contribution in [0.1, 0.15) is 18.4 Å². The van der Waals surface area contributed by atoms with Gasteiger partial charge in [-0.3, -0.25) is 4.79 Å². The van der Waals surface area contributed by atoms with E-state index in [2.05, 4.69) is 5.32 Å². The number of carbonyl (C=O) groups is 1. The number of nitrogens with two attached hydrogens (primary N) is 1. The third kappa shape index (κ3) is 3.00. The van der Waals surface area contributed by atoms with Gasteiger partial charge in [0.15, 0.2) is 0 Å². The number of aliphatic hydroxyl groups excluding tert-OH is 1. The van der Waals surface area contributed by atoms with Crippen molar-refractivity contribution >= 4 is 5.91 Å². The average molecular weight is 250 g/mol. The zero-order chi connectivity index (χ0) is 13.2. The highest BCUT2D eigenvalue weighted by molar-refractivity contribution is 5.83. The first-order valence-electron chi connectivity index (χ1n) is 6.01. The quantitative estimate of drug-likeness (QED) is 0.587. The standard InChI is InChI=1S/C13H18N2O3/c14-11(7-9-1-3-10(17)4-2-9)12(18)15-13(8-16)5-6-13/h1-4,11,16-17H,5-8,14H2,(H,15,18). The maximum absolute atomic E-state index is 11.8. The Bertz CT molecular complexity index is 426. The van der Waals surface area contributed by atoms with Crippen LogP contribution in [-0.4, -0.2) is 34.3 Å². The van der Waals surface area contributed by atoms with E-state index >= 15 is 0 Å². The molecule has 0 saturated heterocycles. The first kappa shape index (κ1) is 12.9. The fourth-order valence-electron chi connectivity index (χ4n) is 1.81. The number of benzene rings is 1. The average Bonchev–Trinajstić information content (AvgIpc) is 3.12. The number of hydrogen-bond donors (Lipinski definition) is 4. The van der Waals surface area contributed by atoms with E-state index in [0.717, 1.165) is 18.4 Å². The third-order valence-corrected chi connectivity index (χ3v) is 3.27. The summed E-state index contributed by atoms with van der Waals surface area (Å²) in [6.07, 6.45) is 2.02. The molecule has 1 aliphatic rings. The van der Waals surface area contributed by atoms with Gasteiger partial charge >= 0.3 is 0 Å². The second kappa shape index (κ2) is 4.96. The van der Waals surface area contributed by atoms with Crippen LogP contribution < -0.4 is 11.1 Å². The highest BCUT2D eigenvalue weighted by atomic mass is 16.3. The van der Waals surface area contributed by atoms with Crippen molar-refractivity contribution in [2.45, 2.75) is 30.8 Å². The minimum atomic E-state index is -0.640. The lowest BCUT2D eigenvalue weighted by molar-refractivity contribution is -0.123. The summed E-state index contributed by atoms with van der Waals surface area (Å²) in [7, 11) is 0. The van der Waals surface area contributed by atoms with Crippen molar-refractivity contribution in [2.24, 2.45) is 5.73 Å². The van der Waals surface area contributed by atoms with E-state index in [1.807, 2.05) is 0 Å². The number of hydrogen-bond acceptors (Lipinski definition) is 4. The van der Waals surface area contributed by atoms with Gasteiger partial charge < -0.3 is 21.3 Å². The number of amides is 1. The van der Waals surface area contributed by atoms with E-state index in [0.29, 0.717) is 6.42 Å². The summed E-state index contributed by atoms with van der Waals surface area (Å²) in [5, 5.41) is 21.1. The summed E-state index contributed by atoms with van der Waals surface area (Å²) in [6, 6.07) is 5.97. The van der Waals surface area contributed by atoms with Crippen molar-refractivity contribution in [3.63, 3.8) is 0 Å². The smallest absolute Gasteiger partial charge is 0.237 e. The summed E-state index contributed by atoms with van der Waals surface area (Å²) in [6.45, 7) is -0.0370. The van der Waals surface area contributed by atoms with Gasteiger partial charge in [0.25, 0.3) is 0 Å². The molecule has 1 amide bonds. The molecule has 0 aliphatic heterocycles. The molecule has 0 bridgehead atoms. The summed E-state index contributed by atoms with van der Waals surface area (Å²) in [5.74, 6) is -0.0522. The van der Waals surface area contributed by atoms with Crippen LogP contribution in [0.15, 0.2) is 24.3 Å². The number of nitrogens with one attached hydrogen (secondary N) is 1. The van der Waals surface area contributed by atoms with E-state index < -0.39 is 11.6 Å². The Labute approximate surface area is 106 Å². The molecule has 0 heterocycles. The van der Waals surface area contributed by atoms with E-state index in [9.17, 15) is 4.79 Å². The van der Waals surface area contributed by atoms with Crippen LogP contribution in [0.4, 0.5) is 0 Å². The number of rotatable bonds is 5. The number of aromatic hydroxyl groups is 1. The number of carbonyl (C=O) groups excluding carboxylic acids is 1. The van der Waals surface area contributed by atoms with Crippen LogP contribution in [0.2, 0.25) is 0 Å². The maximum atomic E-state index is 11.8. The van der Waals surface area contributed by atoms with Gasteiger partial charge in [0.1, 0.15) is 5.75 Å². The van der Waals surface area contributed by atoms with Gasteiger partial charge in [-0.1, -0.05) is 12.1 Å². The zero-order valence-electron chi connectivity index (χ0n) is 10.1. The Morgan fingerprint density at radius 1 is 1.39 bits per heavy atom. The number of phenolic OH excluding ortho intramolecular Hbond substituents is 1. The third-order valence-electron chi connectivity index (χ3n) is 3.27. The Hall–Kier alpha value is -1.59. The maximum Gasteiger partial charge on any atom is 0.237 e. The SMILES string of the molecule is NC(Cc1ccc(O)cc1)C(=O)NC1(CO)CC1. The predicted octanol–water partition coefficient (Wildman–Crippen LogP) is -0.0969. The molecule has 2 rings (SSSR count). The molecule has 18 heavy (non-hydrogen) atoms. The van der Waals surface area contributed by atoms with Crippen molar-refractivity contribution in [2.75, 3.05) is 6.61 Å². The molecule has 0 aromatic heterocycles. The summed E-state index contributed by atoms with van der Waals surface area (Å²) in [5.41, 5.74) is 6.29. The van der Waals surface area contributed by atoms with Crippen LogP contribution in [0.25, 0.3) is 0 Å². The Balaban J connectivity index is 1.89. The highest BCUT2D eigenvalue weighted by Gasteiger charge is 2.43. The fraction of sp³-hybridized carbons (Fsp3) is 0.462. The molecule has 1 aliphatic carbocycles. The monoisotopic (exact) mass is 250 g/mol. The molecule has 1 fully saturated rings. The largest absolute Gasteiger partial charge is 0.508 e. The van der Waals surface area contributed by atoms with E-state index in [4.69, 9.17) is 15.9 Å². The Morgan fingerprint density at radius 3 is 2.50 bits per heavy atom. The molecule has 98 valence electrons. The molecular weight excluding hydrogens is 232 g/mol. The van der Waals surface area contributed by atoms with E-state index in [-0.39, 0.29) is 18.3 Å². The van der Waals surface area contributed by atoms with Gasteiger partial charge in [-0.2, -0.15) is 0 Å². The molecular formula is C13H18N2O3. The van der Waals surface area contributed by atoms with Gasteiger partial charge in [-0.15, -0.1) is 0 Å². The van der Waals surface area contributed by atoms with Crippen LogP contribution in [0.3, 0.4) is 0 Å². The molecule has 1 aromatic rings. The molecule has 5 nitrogen and oxygen atoms in total. The summed E-state index contributed by atoms with van der Waals surface area (Å²) in [4.78, 5) is 11.8. The Kier molecular flexibility index (Phi) is 3.54. The zero-order valence-corrected chi connectivity index (χ0v) is 10.1. The van der Waals surface area contributed by atoms with Crippen LogP contribution in [0, 0.1) is 0 Å². The minimum absolute atomic E-state index is 0.0370. The lowest BCUT2D eigenvalue weighted by atomic mass is 10.1. The minimum Gasteiger partial charge on any atom is -0.508 e. The first-order chi connectivity index (χ1) is 8.54. The van der Waals surface area contributed by atoms with Crippen molar-refractivity contribution in [1.82, 2.24) is 5.32 Å². The second-order valence-electron chi connectivity index (χ2n) is 4.90. The van der Waals surface area contributed by atoms with Crippen LogP contribution >= 0.6 is 0 Å². The van der Waals surface area contributed by atoms with Gasteiger partial charge in [0.2, 0.25) is 5.91 Å². The van der Waals surface area contributed by atoms with Gasteiger partial charge in [-0.05, 0) is 37.0 Å². The normalized spacial score (nSPS) is 18.1. The first-order valence-corrected chi connectivity index (χ1v) is 6.01. The van der Waals surface area contributed by atoms with Crippen LogP contribution in [0.5, 0.6) is 5.75 Å². The van der Waals surface area contributed by atoms with E-state index in [1.165, 1.54) is 0 Å². The Morgan fingerprint density at radius 2 is 2.00 bits per heavy atom. The van der Waals surface area contributed by atoms with Crippen molar-refractivity contribution < 1.29 is 15.0 Å². The molecule has 1 unspecified atom stereocenters. The molecule has 5 heteroatoms. The molecule has 0 spiro atoms. The highest BCUT2D eigenvalue weighted by Crippen LogP contribution is 2.34. The topological polar surface area (TPSA) is 95.6 Å². The van der Waals surface area contributed by atoms with Crippen molar-refractivity contribution in [3.05, 3.63) is 29.8 Å². The van der Waals surface area contributed by atoms with Gasteiger partial charge in [-0.25, -0.2) is 0 Å². The van der Waals surface area contributed by atoms with Crippen LogP contribution in [-0.2, 0) is 11.2 Å². The lowest BCUT2D eigenvalue weighted by Crippen LogP contribution is -2.49. The predicted molar refractivity (Wildman–Crippen MR) is 67.0 cm³/mol. The van der Waals surface area contributed by atoms with Crippen molar-refractivity contribution in [1.29, 1.82) is 0 Å². The second-order valence-corrected chi connectivity index (χ2v) is 4.90. The van der Waals surface area contributed by atoms with Crippen molar-refractivity contribution in [3.8, 4) is 5.75 Å². The van der Waals surface area contributed by atoms with E-state index in [1.54, 1.807) is 24.3 Å². The summed E-state index contributed by atoms with van der Waals surface area (Å²) < 4.78 is 0.